The summed E-state index contributed by atoms with van der Waals surface area (Å²) in [6, 6.07) is 7.45. The molecule has 0 atom stereocenters. The van der Waals surface area contributed by atoms with Crippen LogP contribution in [-0.4, -0.2) is 42.3 Å². The number of aromatic amines is 1. The molecule has 0 amide bonds. The van der Waals surface area contributed by atoms with Crippen LogP contribution in [0.5, 0.6) is 0 Å². The largest absolute Gasteiger partial charge is 0.462 e. The lowest BCUT2D eigenvalue weighted by Gasteiger charge is -2.06. The van der Waals surface area contributed by atoms with Crippen molar-refractivity contribution in [1.29, 1.82) is 0 Å². The predicted octanol–water partition coefficient (Wildman–Crippen LogP) is 2.38. The molecule has 0 saturated carbocycles. The number of carbonyl (C=O) groups is 1. The fourth-order valence-electron chi connectivity index (χ4n) is 2.56. The lowest BCUT2D eigenvalue weighted by atomic mass is 10.2. The second-order valence-corrected chi connectivity index (χ2v) is 5.28. The molecular weight excluding hydrogens is 320 g/mol. The summed E-state index contributed by atoms with van der Waals surface area (Å²) in [5.41, 5.74) is 2.73. The van der Waals surface area contributed by atoms with Gasteiger partial charge in [-0.15, -0.1) is 0 Å². The van der Waals surface area contributed by atoms with Crippen molar-refractivity contribution in [3.63, 3.8) is 0 Å². The van der Waals surface area contributed by atoms with E-state index in [0.717, 1.165) is 16.7 Å². The molecule has 4 rings (SSSR count). The second-order valence-electron chi connectivity index (χ2n) is 5.28. The van der Waals surface area contributed by atoms with Crippen molar-refractivity contribution in [1.82, 2.24) is 29.7 Å². The summed E-state index contributed by atoms with van der Waals surface area (Å²) < 4.78 is 6.91. The molecule has 0 unspecified atom stereocenters. The van der Waals surface area contributed by atoms with Crippen molar-refractivity contribution in [2.24, 2.45) is 0 Å². The van der Waals surface area contributed by atoms with Gasteiger partial charge in [0.1, 0.15) is 17.7 Å². The summed E-state index contributed by atoms with van der Waals surface area (Å²) in [7, 11) is 0. The molecule has 8 heteroatoms. The molecule has 4 aromatic rings. The highest BCUT2D eigenvalue weighted by atomic mass is 16.5. The van der Waals surface area contributed by atoms with Crippen molar-refractivity contribution >= 4 is 17.0 Å². The predicted molar refractivity (Wildman–Crippen MR) is 90.2 cm³/mol. The lowest BCUT2D eigenvalue weighted by Crippen LogP contribution is -2.05. The van der Waals surface area contributed by atoms with E-state index in [1.54, 1.807) is 19.2 Å². The van der Waals surface area contributed by atoms with E-state index in [1.807, 2.05) is 29.0 Å². The highest BCUT2D eigenvalue weighted by Crippen LogP contribution is 2.21. The number of hydrogen-bond acceptors (Lipinski definition) is 6. The van der Waals surface area contributed by atoms with Crippen LogP contribution in [0.1, 0.15) is 17.3 Å². The van der Waals surface area contributed by atoms with Crippen LogP contribution in [0.25, 0.3) is 28.2 Å². The number of esters is 1. The maximum absolute atomic E-state index is 11.8. The average Bonchev–Trinajstić information content (AvgIpc) is 3.31. The fraction of sp³-hybridized carbons (Fsp3) is 0.118. The van der Waals surface area contributed by atoms with Gasteiger partial charge in [0.2, 0.25) is 0 Å². The minimum atomic E-state index is -0.372. The monoisotopic (exact) mass is 334 g/mol. The zero-order valence-corrected chi connectivity index (χ0v) is 13.4. The molecule has 4 aromatic heterocycles. The molecule has 4 heterocycles. The number of rotatable bonds is 4. The maximum atomic E-state index is 11.8. The number of nitrogens with one attached hydrogen (secondary N) is 1. The van der Waals surface area contributed by atoms with E-state index in [1.165, 1.54) is 12.5 Å². The minimum Gasteiger partial charge on any atom is -0.462 e. The first-order chi connectivity index (χ1) is 12.3. The molecular formula is C17H14N6O2. The highest BCUT2D eigenvalue weighted by Gasteiger charge is 2.11. The Morgan fingerprint density at radius 1 is 1.20 bits per heavy atom. The summed E-state index contributed by atoms with van der Waals surface area (Å²) in [5.74, 6) is 0.240. The third kappa shape index (κ3) is 2.74. The number of H-pyrrole nitrogens is 1. The Labute approximate surface area is 142 Å². The number of aromatic nitrogens is 6. The zero-order chi connectivity index (χ0) is 17.2. The van der Waals surface area contributed by atoms with Gasteiger partial charge in [0.05, 0.1) is 24.1 Å². The van der Waals surface area contributed by atoms with Gasteiger partial charge in [0.25, 0.3) is 0 Å². The lowest BCUT2D eigenvalue weighted by molar-refractivity contribution is 0.0526. The van der Waals surface area contributed by atoms with Crippen LogP contribution in [0.4, 0.5) is 0 Å². The molecule has 0 bridgehead atoms. The van der Waals surface area contributed by atoms with Gasteiger partial charge in [-0.25, -0.2) is 14.8 Å². The molecule has 0 aromatic carbocycles. The molecule has 0 spiro atoms. The van der Waals surface area contributed by atoms with Gasteiger partial charge in [-0.2, -0.15) is 5.10 Å². The van der Waals surface area contributed by atoms with Crippen LogP contribution in [0.15, 0.2) is 49.2 Å². The molecule has 25 heavy (non-hydrogen) atoms. The smallest absolute Gasteiger partial charge is 0.339 e. The number of ether oxygens (including phenoxy) is 1. The third-order valence-corrected chi connectivity index (χ3v) is 3.72. The average molecular weight is 334 g/mol. The van der Waals surface area contributed by atoms with Gasteiger partial charge in [-0.3, -0.25) is 14.6 Å². The summed E-state index contributed by atoms with van der Waals surface area (Å²) in [6.45, 7) is 2.11. The van der Waals surface area contributed by atoms with Crippen molar-refractivity contribution in [3.05, 3.63) is 54.7 Å². The Kier molecular flexibility index (Phi) is 3.70. The quantitative estimate of drug-likeness (QED) is 0.575. The molecule has 0 fully saturated rings. The van der Waals surface area contributed by atoms with Gasteiger partial charge in [0, 0.05) is 17.8 Å². The normalized spacial score (nSPS) is 10.9. The van der Waals surface area contributed by atoms with Gasteiger partial charge >= 0.3 is 5.97 Å². The SMILES string of the molecule is CCOC(=O)c1cnc2c(ccn2-c2ccc(-c3ncn[nH]3)nc2)c1. The highest BCUT2D eigenvalue weighted by molar-refractivity contribution is 5.93. The maximum Gasteiger partial charge on any atom is 0.339 e. The Morgan fingerprint density at radius 2 is 2.12 bits per heavy atom. The zero-order valence-electron chi connectivity index (χ0n) is 13.4. The molecule has 0 aliphatic carbocycles. The Bertz CT molecular complexity index is 1020. The number of hydrogen-bond donors (Lipinski definition) is 1. The molecule has 1 N–H and O–H groups in total. The summed E-state index contributed by atoms with van der Waals surface area (Å²) in [5, 5.41) is 7.45. The van der Waals surface area contributed by atoms with Gasteiger partial charge in [-0.05, 0) is 31.2 Å². The first-order valence-corrected chi connectivity index (χ1v) is 7.72. The van der Waals surface area contributed by atoms with E-state index in [0.29, 0.717) is 23.7 Å². The van der Waals surface area contributed by atoms with Crippen molar-refractivity contribution < 1.29 is 9.53 Å². The Morgan fingerprint density at radius 3 is 2.84 bits per heavy atom. The van der Waals surface area contributed by atoms with Gasteiger partial charge in [0.15, 0.2) is 5.82 Å². The van der Waals surface area contributed by atoms with E-state index >= 15 is 0 Å². The number of pyridine rings is 2. The van der Waals surface area contributed by atoms with Crippen LogP contribution in [0.3, 0.4) is 0 Å². The first kappa shape index (κ1) is 15.0. The van der Waals surface area contributed by atoms with Gasteiger partial charge < -0.3 is 4.74 Å². The summed E-state index contributed by atoms with van der Waals surface area (Å²) in [4.78, 5) is 24.7. The van der Waals surface area contributed by atoms with E-state index in [9.17, 15) is 4.79 Å². The molecule has 0 radical (unpaired) electrons. The van der Waals surface area contributed by atoms with Crippen LogP contribution in [0, 0.1) is 0 Å². The molecule has 0 aliphatic heterocycles. The van der Waals surface area contributed by atoms with Crippen LogP contribution in [-0.2, 0) is 4.74 Å². The second kappa shape index (κ2) is 6.16. The molecule has 0 aliphatic rings. The van der Waals surface area contributed by atoms with Crippen molar-refractivity contribution in [2.75, 3.05) is 6.61 Å². The summed E-state index contributed by atoms with van der Waals surface area (Å²) in [6.07, 6.45) is 6.58. The first-order valence-electron chi connectivity index (χ1n) is 7.72. The van der Waals surface area contributed by atoms with E-state index in [2.05, 4.69) is 25.1 Å². The van der Waals surface area contributed by atoms with E-state index in [4.69, 9.17) is 4.74 Å². The molecule has 124 valence electrons. The standard InChI is InChI=1S/C17H14N6O2/c1-2-25-17(24)12-7-11-5-6-23(16(11)19-8-12)13-3-4-14(18-9-13)15-20-10-21-22-15/h3-10H,2H2,1H3,(H,20,21,22). The van der Waals surface area contributed by atoms with E-state index in [-0.39, 0.29) is 5.97 Å². The Balaban J connectivity index is 1.68. The van der Waals surface area contributed by atoms with Crippen LogP contribution in [0.2, 0.25) is 0 Å². The van der Waals surface area contributed by atoms with E-state index < -0.39 is 0 Å². The third-order valence-electron chi connectivity index (χ3n) is 3.72. The van der Waals surface area contributed by atoms with Gasteiger partial charge in [-0.1, -0.05) is 0 Å². The fourth-order valence-corrected chi connectivity index (χ4v) is 2.56. The topological polar surface area (TPSA) is 98.6 Å². The minimum absolute atomic E-state index is 0.334. The molecule has 8 nitrogen and oxygen atoms in total. The summed E-state index contributed by atoms with van der Waals surface area (Å²) >= 11 is 0. The van der Waals surface area contributed by atoms with Crippen LogP contribution < -0.4 is 0 Å². The number of fused-ring (bicyclic) bond motifs is 1. The Hall–Kier alpha value is -3.55. The van der Waals surface area contributed by atoms with Crippen LogP contribution >= 0.6 is 0 Å². The molecule has 0 saturated heterocycles. The number of nitrogens with zero attached hydrogens (tertiary/aromatic N) is 5. The van der Waals surface area contributed by atoms with Crippen molar-refractivity contribution in [2.45, 2.75) is 6.92 Å². The number of carbonyl (C=O) groups excluding carboxylic acids is 1. The van der Waals surface area contributed by atoms with Crippen molar-refractivity contribution in [3.8, 4) is 17.2 Å².